The van der Waals surface area contributed by atoms with Gasteiger partial charge in [0.1, 0.15) is 5.75 Å². The molecule has 0 saturated carbocycles. The number of pyridine rings is 1. The summed E-state index contributed by atoms with van der Waals surface area (Å²) in [5, 5.41) is 1.03. The molecule has 0 unspecified atom stereocenters. The van der Waals surface area contributed by atoms with Gasteiger partial charge in [-0.05, 0) is 69.6 Å². The van der Waals surface area contributed by atoms with Crippen LogP contribution in [0.1, 0.15) is 24.8 Å². The molecule has 0 aliphatic carbocycles. The van der Waals surface area contributed by atoms with E-state index in [1.807, 2.05) is 29.3 Å². The number of hydrogen-bond donors (Lipinski definition) is 0. The third kappa shape index (κ3) is 2.97. The van der Waals surface area contributed by atoms with Crippen LogP contribution in [0.2, 0.25) is 0 Å². The summed E-state index contributed by atoms with van der Waals surface area (Å²) >= 11 is 0. The van der Waals surface area contributed by atoms with Gasteiger partial charge in [-0.15, -0.1) is 0 Å². The maximum absolute atomic E-state index is 13.3. The molecule has 0 bridgehead atoms. The standard InChI is InChI=1S/C20H25N3O2/c1-22-10-7-14(8-11-22)20(24)23-9-3-4-15-13-21-18-6-5-16(25-2)12-17(18)19(15)23/h5-6,12-14H,3-4,7-11H2,1-2H3. The Morgan fingerprint density at radius 1 is 1.24 bits per heavy atom. The first kappa shape index (κ1) is 16.3. The van der Waals surface area contributed by atoms with Crippen molar-refractivity contribution in [1.82, 2.24) is 9.88 Å². The number of nitrogens with zero attached hydrogens (tertiary/aromatic N) is 3. The predicted octanol–water partition coefficient (Wildman–Crippen LogP) is 2.86. The number of amides is 1. The van der Waals surface area contributed by atoms with Crippen LogP contribution in [0.15, 0.2) is 24.4 Å². The topological polar surface area (TPSA) is 45.7 Å². The Labute approximate surface area is 148 Å². The van der Waals surface area contributed by atoms with Crippen molar-refractivity contribution in [1.29, 1.82) is 0 Å². The highest BCUT2D eigenvalue weighted by molar-refractivity contribution is 6.05. The largest absolute Gasteiger partial charge is 0.497 e. The van der Waals surface area contributed by atoms with Gasteiger partial charge in [-0.2, -0.15) is 0 Å². The van der Waals surface area contributed by atoms with Gasteiger partial charge in [0.15, 0.2) is 0 Å². The van der Waals surface area contributed by atoms with Gasteiger partial charge < -0.3 is 14.5 Å². The number of carbonyl (C=O) groups excluding carboxylic acids is 1. The number of ether oxygens (including phenoxy) is 1. The zero-order valence-electron chi connectivity index (χ0n) is 15.0. The fraction of sp³-hybridized carbons (Fsp3) is 0.500. The first-order valence-corrected chi connectivity index (χ1v) is 9.13. The van der Waals surface area contributed by atoms with Crippen LogP contribution < -0.4 is 9.64 Å². The maximum Gasteiger partial charge on any atom is 0.230 e. The molecule has 1 saturated heterocycles. The highest BCUT2D eigenvalue weighted by atomic mass is 16.5. The van der Waals surface area contributed by atoms with E-state index in [0.717, 1.165) is 67.7 Å². The summed E-state index contributed by atoms with van der Waals surface area (Å²) in [6.45, 7) is 2.80. The van der Waals surface area contributed by atoms with Crippen molar-refractivity contribution < 1.29 is 9.53 Å². The summed E-state index contributed by atoms with van der Waals surface area (Å²) in [5.41, 5.74) is 3.15. The molecule has 2 aromatic rings. The number of benzene rings is 1. The zero-order valence-corrected chi connectivity index (χ0v) is 15.0. The molecule has 1 amide bonds. The minimum atomic E-state index is 0.135. The van der Waals surface area contributed by atoms with Crippen molar-refractivity contribution in [2.45, 2.75) is 25.7 Å². The fourth-order valence-corrected chi connectivity index (χ4v) is 4.06. The summed E-state index contributed by atoms with van der Waals surface area (Å²) in [5.74, 6) is 1.22. The van der Waals surface area contributed by atoms with Gasteiger partial charge in [0.2, 0.25) is 5.91 Å². The minimum Gasteiger partial charge on any atom is -0.497 e. The second-order valence-corrected chi connectivity index (χ2v) is 7.19. The lowest BCUT2D eigenvalue weighted by atomic mass is 9.93. The van der Waals surface area contributed by atoms with E-state index in [9.17, 15) is 4.79 Å². The lowest BCUT2D eigenvalue weighted by molar-refractivity contribution is -0.123. The molecule has 132 valence electrons. The first-order chi connectivity index (χ1) is 12.2. The molecule has 0 N–H and O–H groups in total. The molecule has 1 aromatic carbocycles. The highest BCUT2D eigenvalue weighted by Gasteiger charge is 2.32. The number of anilines is 1. The Kier molecular flexibility index (Phi) is 4.34. The molecule has 1 aromatic heterocycles. The van der Waals surface area contributed by atoms with Gasteiger partial charge in [0.25, 0.3) is 0 Å². The SMILES string of the molecule is COc1ccc2ncc3c(c2c1)N(C(=O)C1CCN(C)CC1)CCC3. The van der Waals surface area contributed by atoms with E-state index in [4.69, 9.17) is 4.74 Å². The predicted molar refractivity (Wildman–Crippen MR) is 99.2 cm³/mol. The van der Waals surface area contributed by atoms with Crippen LogP contribution in [0.4, 0.5) is 5.69 Å². The number of aryl methyl sites for hydroxylation is 1. The summed E-state index contributed by atoms with van der Waals surface area (Å²) in [6.07, 6.45) is 5.83. The van der Waals surface area contributed by atoms with E-state index < -0.39 is 0 Å². The van der Waals surface area contributed by atoms with Crippen LogP contribution in [0.3, 0.4) is 0 Å². The quantitative estimate of drug-likeness (QED) is 0.844. The van der Waals surface area contributed by atoms with E-state index in [1.54, 1.807) is 7.11 Å². The van der Waals surface area contributed by atoms with Gasteiger partial charge in [0, 0.05) is 24.0 Å². The average Bonchev–Trinajstić information content (AvgIpc) is 2.67. The normalized spacial score (nSPS) is 19.0. The number of rotatable bonds is 2. The molecule has 0 spiro atoms. The van der Waals surface area contributed by atoms with Crippen LogP contribution in [-0.4, -0.2) is 49.6 Å². The number of piperidine rings is 1. The summed E-state index contributed by atoms with van der Waals surface area (Å²) in [4.78, 5) is 22.2. The smallest absolute Gasteiger partial charge is 0.230 e. The number of likely N-dealkylation sites (tertiary alicyclic amines) is 1. The number of aromatic nitrogens is 1. The number of carbonyl (C=O) groups is 1. The van der Waals surface area contributed by atoms with Gasteiger partial charge >= 0.3 is 0 Å². The monoisotopic (exact) mass is 339 g/mol. The van der Waals surface area contributed by atoms with Crippen molar-refractivity contribution >= 4 is 22.5 Å². The molecule has 5 nitrogen and oxygen atoms in total. The van der Waals surface area contributed by atoms with Gasteiger partial charge in [-0.1, -0.05) is 0 Å². The van der Waals surface area contributed by atoms with E-state index in [-0.39, 0.29) is 11.8 Å². The van der Waals surface area contributed by atoms with E-state index in [1.165, 1.54) is 5.56 Å². The van der Waals surface area contributed by atoms with Gasteiger partial charge in [-0.25, -0.2) is 0 Å². The molecular weight excluding hydrogens is 314 g/mol. The Morgan fingerprint density at radius 2 is 2.04 bits per heavy atom. The minimum absolute atomic E-state index is 0.135. The van der Waals surface area contributed by atoms with E-state index >= 15 is 0 Å². The zero-order chi connectivity index (χ0) is 17.4. The molecule has 1 fully saturated rings. The van der Waals surface area contributed by atoms with Gasteiger partial charge in [0.05, 0.1) is 18.3 Å². The van der Waals surface area contributed by atoms with Crippen LogP contribution in [0, 0.1) is 5.92 Å². The Bertz CT molecular complexity index is 792. The van der Waals surface area contributed by atoms with Crippen molar-refractivity contribution in [3.63, 3.8) is 0 Å². The molecule has 0 atom stereocenters. The Balaban J connectivity index is 1.75. The third-order valence-corrected chi connectivity index (χ3v) is 5.55. The van der Waals surface area contributed by atoms with Crippen molar-refractivity contribution in [3.05, 3.63) is 30.0 Å². The fourth-order valence-electron chi connectivity index (χ4n) is 4.06. The summed E-state index contributed by atoms with van der Waals surface area (Å²) < 4.78 is 5.40. The highest BCUT2D eigenvalue weighted by Crippen LogP contribution is 2.37. The van der Waals surface area contributed by atoms with E-state index in [2.05, 4.69) is 16.9 Å². The van der Waals surface area contributed by atoms with Crippen LogP contribution in [0.5, 0.6) is 5.75 Å². The maximum atomic E-state index is 13.3. The van der Waals surface area contributed by atoms with Crippen molar-refractivity contribution in [2.75, 3.05) is 38.7 Å². The second kappa shape index (κ2) is 6.64. The van der Waals surface area contributed by atoms with Crippen molar-refractivity contribution in [2.24, 2.45) is 5.92 Å². The molecule has 4 rings (SSSR count). The summed E-state index contributed by atoms with van der Waals surface area (Å²) in [7, 11) is 3.80. The van der Waals surface area contributed by atoms with Gasteiger partial charge in [-0.3, -0.25) is 9.78 Å². The van der Waals surface area contributed by atoms with Crippen molar-refractivity contribution in [3.8, 4) is 5.75 Å². The lowest BCUT2D eigenvalue weighted by Gasteiger charge is -2.36. The Hall–Kier alpha value is -2.14. The number of hydrogen-bond acceptors (Lipinski definition) is 4. The first-order valence-electron chi connectivity index (χ1n) is 9.13. The van der Waals surface area contributed by atoms with Crippen LogP contribution >= 0.6 is 0 Å². The average molecular weight is 339 g/mol. The molecule has 2 aliphatic heterocycles. The number of methoxy groups -OCH3 is 1. The molecule has 0 radical (unpaired) electrons. The molecule has 3 heterocycles. The Morgan fingerprint density at radius 3 is 2.80 bits per heavy atom. The molecule has 5 heteroatoms. The van der Waals surface area contributed by atoms with Crippen LogP contribution in [0.25, 0.3) is 10.9 Å². The van der Waals surface area contributed by atoms with Crippen LogP contribution in [-0.2, 0) is 11.2 Å². The number of fused-ring (bicyclic) bond motifs is 3. The molecule has 2 aliphatic rings. The molecular formula is C20H25N3O2. The molecule has 25 heavy (non-hydrogen) atoms. The summed E-state index contributed by atoms with van der Waals surface area (Å²) in [6, 6.07) is 5.91. The third-order valence-electron chi connectivity index (χ3n) is 5.55. The second-order valence-electron chi connectivity index (χ2n) is 7.19. The van der Waals surface area contributed by atoms with E-state index in [0.29, 0.717) is 0 Å². The lowest BCUT2D eigenvalue weighted by Crippen LogP contribution is -2.43.